The summed E-state index contributed by atoms with van der Waals surface area (Å²) in [5.74, 6) is -0.847. The van der Waals surface area contributed by atoms with Crippen LogP contribution in [-0.4, -0.2) is 31.0 Å². The van der Waals surface area contributed by atoms with Gasteiger partial charge in [-0.15, -0.1) is 11.6 Å². The number of carbonyl (C=O) groups is 2. The van der Waals surface area contributed by atoms with Gasteiger partial charge >= 0.3 is 11.9 Å². The van der Waals surface area contributed by atoms with Gasteiger partial charge in [-0.3, -0.25) is 0 Å². The predicted octanol–water partition coefficient (Wildman–Crippen LogP) is 6.35. The Bertz CT molecular complexity index is 383. The van der Waals surface area contributed by atoms with Gasteiger partial charge in [0.05, 0.1) is 12.5 Å². The lowest BCUT2D eigenvalue weighted by molar-refractivity contribution is -0.140. The van der Waals surface area contributed by atoms with E-state index in [-0.39, 0.29) is 12.5 Å². The fourth-order valence-electron chi connectivity index (χ4n) is 2.84. The summed E-state index contributed by atoms with van der Waals surface area (Å²) in [6, 6.07) is 0. The third kappa shape index (κ3) is 21.1. The molecule has 27 heavy (non-hydrogen) atoms. The summed E-state index contributed by atoms with van der Waals surface area (Å²) < 4.78 is 9.75. The van der Waals surface area contributed by atoms with Crippen molar-refractivity contribution in [2.24, 2.45) is 0 Å². The molecule has 0 aliphatic rings. The molecule has 0 spiro atoms. The lowest BCUT2D eigenvalue weighted by Crippen LogP contribution is -2.06. The van der Waals surface area contributed by atoms with Gasteiger partial charge in [0.15, 0.2) is 0 Å². The summed E-state index contributed by atoms with van der Waals surface area (Å²) in [5, 5.41) is 0. The average molecular weight is 403 g/mol. The van der Waals surface area contributed by atoms with E-state index >= 15 is 0 Å². The van der Waals surface area contributed by atoms with Gasteiger partial charge < -0.3 is 9.47 Å². The molecule has 0 N–H and O–H groups in total. The Kier molecular flexibility index (Phi) is 20.5. The molecule has 4 nitrogen and oxygen atoms in total. The first-order chi connectivity index (χ1) is 13.2. The highest BCUT2D eigenvalue weighted by Gasteiger charge is 2.01. The summed E-state index contributed by atoms with van der Waals surface area (Å²) in [5.41, 5.74) is 0. The molecule has 0 saturated heterocycles. The molecule has 0 radical (unpaired) electrons. The van der Waals surface area contributed by atoms with Crippen molar-refractivity contribution in [2.75, 3.05) is 19.1 Å². The quantitative estimate of drug-likeness (QED) is 0.109. The largest absolute Gasteiger partial charge is 0.463 e. The zero-order chi connectivity index (χ0) is 20.0. The lowest BCUT2D eigenvalue weighted by atomic mass is 10.0. The number of esters is 2. The second-order valence-electron chi connectivity index (χ2n) is 6.95. The molecular weight excluding hydrogens is 364 g/mol. The molecule has 0 fully saturated rings. The Morgan fingerprint density at radius 1 is 0.630 bits per heavy atom. The molecule has 0 aliphatic heterocycles. The van der Waals surface area contributed by atoms with E-state index in [1.54, 1.807) is 0 Å². The molecule has 158 valence electrons. The van der Waals surface area contributed by atoms with Crippen molar-refractivity contribution in [3.05, 3.63) is 12.2 Å². The van der Waals surface area contributed by atoms with Crippen molar-refractivity contribution in [1.29, 1.82) is 0 Å². The second-order valence-corrected chi connectivity index (χ2v) is 7.33. The fraction of sp³-hybridized carbons (Fsp3) is 0.818. The molecular formula is C22H39ClO4. The van der Waals surface area contributed by atoms with E-state index in [4.69, 9.17) is 21.1 Å². The van der Waals surface area contributed by atoms with Crippen molar-refractivity contribution >= 4 is 23.5 Å². The van der Waals surface area contributed by atoms with Gasteiger partial charge in [0.1, 0.15) is 6.61 Å². The number of hydrogen-bond donors (Lipinski definition) is 0. The zero-order valence-corrected chi connectivity index (χ0v) is 17.9. The minimum Gasteiger partial charge on any atom is -0.463 e. The zero-order valence-electron chi connectivity index (χ0n) is 17.2. The molecule has 0 aromatic heterocycles. The van der Waals surface area contributed by atoms with E-state index in [1.807, 2.05) is 0 Å². The summed E-state index contributed by atoms with van der Waals surface area (Å²) in [4.78, 5) is 22.6. The molecule has 0 bridgehead atoms. The third-order valence-corrected chi connectivity index (χ3v) is 4.57. The smallest absolute Gasteiger partial charge is 0.331 e. The second kappa shape index (κ2) is 21.3. The SMILES string of the molecule is CCCCCCCCCCCCCCCCOC(=O)/C=C/C(=O)OCCCl. The van der Waals surface area contributed by atoms with Crippen LogP contribution in [-0.2, 0) is 19.1 Å². The minimum atomic E-state index is -0.580. The van der Waals surface area contributed by atoms with Crippen LogP contribution in [0.4, 0.5) is 0 Å². The van der Waals surface area contributed by atoms with Crippen LogP contribution >= 0.6 is 11.6 Å². The third-order valence-electron chi connectivity index (χ3n) is 4.42. The van der Waals surface area contributed by atoms with Gasteiger partial charge in [-0.25, -0.2) is 9.59 Å². The molecule has 0 aromatic carbocycles. The van der Waals surface area contributed by atoms with Crippen molar-refractivity contribution < 1.29 is 19.1 Å². The number of unbranched alkanes of at least 4 members (excludes halogenated alkanes) is 13. The highest BCUT2D eigenvalue weighted by Crippen LogP contribution is 2.12. The maximum Gasteiger partial charge on any atom is 0.331 e. The lowest BCUT2D eigenvalue weighted by Gasteiger charge is -2.04. The monoisotopic (exact) mass is 402 g/mol. The van der Waals surface area contributed by atoms with E-state index in [0.717, 1.165) is 25.0 Å². The summed E-state index contributed by atoms with van der Waals surface area (Å²) in [6.45, 7) is 2.80. The van der Waals surface area contributed by atoms with Crippen molar-refractivity contribution in [2.45, 2.75) is 96.8 Å². The number of halogens is 1. The molecule has 0 aromatic rings. The highest BCUT2D eigenvalue weighted by atomic mass is 35.5. The molecule has 0 heterocycles. The van der Waals surface area contributed by atoms with Gasteiger partial charge in [-0.05, 0) is 6.42 Å². The maximum atomic E-state index is 11.4. The number of ether oxygens (including phenoxy) is 2. The van der Waals surface area contributed by atoms with E-state index in [1.165, 1.54) is 77.0 Å². The Balaban J connectivity index is 3.27. The standard InChI is InChI=1S/C22H39ClO4/c1-2-3-4-5-6-7-8-9-10-11-12-13-14-15-19-26-21(24)16-17-22(25)27-20-18-23/h16-17H,2-15,18-20H2,1H3/b17-16+. The topological polar surface area (TPSA) is 52.6 Å². The van der Waals surface area contributed by atoms with Gasteiger partial charge in [-0.1, -0.05) is 90.4 Å². The van der Waals surface area contributed by atoms with Crippen molar-refractivity contribution in [3.63, 3.8) is 0 Å². The molecule has 0 amide bonds. The predicted molar refractivity (Wildman–Crippen MR) is 112 cm³/mol. The Morgan fingerprint density at radius 3 is 1.41 bits per heavy atom. The molecule has 0 rings (SSSR count). The van der Waals surface area contributed by atoms with Crippen LogP contribution in [0.15, 0.2) is 12.2 Å². The number of hydrogen-bond acceptors (Lipinski definition) is 4. The molecule has 0 atom stereocenters. The number of rotatable bonds is 19. The van der Waals surface area contributed by atoms with Crippen molar-refractivity contribution in [1.82, 2.24) is 0 Å². The van der Waals surface area contributed by atoms with E-state index in [0.29, 0.717) is 6.61 Å². The van der Waals surface area contributed by atoms with Crippen LogP contribution in [0.1, 0.15) is 96.8 Å². The molecule has 5 heteroatoms. The van der Waals surface area contributed by atoms with Gasteiger partial charge in [0, 0.05) is 12.2 Å². The first kappa shape index (κ1) is 26.0. The van der Waals surface area contributed by atoms with Crippen LogP contribution in [0.2, 0.25) is 0 Å². The Labute approximate surface area is 171 Å². The molecule has 0 saturated carbocycles. The van der Waals surface area contributed by atoms with Crippen LogP contribution < -0.4 is 0 Å². The van der Waals surface area contributed by atoms with E-state index in [9.17, 15) is 9.59 Å². The number of carbonyl (C=O) groups excluding carboxylic acids is 2. The Hall–Kier alpha value is -1.03. The van der Waals surface area contributed by atoms with E-state index in [2.05, 4.69) is 6.92 Å². The first-order valence-corrected chi connectivity index (χ1v) is 11.3. The van der Waals surface area contributed by atoms with Crippen molar-refractivity contribution in [3.8, 4) is 0 Å². The Morgan fingerprint density at radius 2 is 1.00 bits per heavy atom. The van der Waals surface area contributed by atoms with E-state index < -0.39 is 11.9 Å². The van der Waals surface area contributed by atoms with Gasteiger partial charge in [-0.2, -0.15) is 0 Å². The van der Waals surface area contributed by atoms with Crippen LogP contribution in [0.25, 0.3) is 0 Å². The molecule has 0 unspecified atom stereocenters. The minimum absolute atomic E-state index is 0.138. The first-order valence-electron chi connectivity index (χ1n) is 10.8. The van der Waals surface area contributed by atoms with Crippen LogP contribution in [0.5, 0.6) is 0 Å². The van der Waals surface area contributed by atoms with Crippen LogP contribution in [0, 0.1) is 0 Å². The summed E-state index contributed by atoms with van der Waals surface area (Å²) in [7, 11) is 0. The maximum absolute atomic E-state index is 11.4. The highest BCUT2D eigenvalue weighted by molar-refractivity contribution is 6.18. The fourth-order valence-corrected chi connectivity index (χ4v) is 2.92. The van der Waals surface area contributed by atoms with Gasteiger partial charge in [0.2, 0.25) is 0 Å². The summed E-state index contributed by atoms with van der Waals surface area (Å²) in [6.07, 6.45) is 20.3. The average Bonchev–Trinajstić information content (AvgIpc) is 2.67. The van der Waals surface area contributed by atoms with Gasteiger partial charge in [0.25, 0.3) is 0 Å². The summed E-state index contributed by atoms with van der Waals surface area (Å²) >= 11 is 5.39. The number of alkyl halides is 1. The molecule has 0 aliphatic carbocycles. The van der Waals surface area contributed by atoms with Crippen LogP contribution in [0.3, 0.4) is 0 Å². The normalized spacial score (nSPS) is 11.0.